The van der Waals surface area contributed by atoms with E-state index in [4.69, 9.17) is 5.11 Å². The molecule has 2 rings (SSSR count). The highest BCUT2D eigenvalue weighted by Crippen LogP contribution is 2.01. The van der Waals surface area contributed by atoms with Gasteiger partial charge in [-0.3, -0.25) is 9.55 Å². The van der Waals surface area contributed by atoms with Gasteiger partial charge in [-0.2, -0.15) is 0 Å². The van der Waals surface area contributed by atoms with Crippen LogP contribution >= 0.6 is 0 Å². The predicted octanol–water partition coefficient (Wildman–Crippen LogP) is 0.385. The first kappa shape index (κ1) is 11.0. The van der Waals surface area contributed by atoms with Crippen LogP contribution in [-0.2, 0) is 6.54 Å². The molecule has 0 aromatic carbocycles. The molecule has 0 bridgehead atoms. The third-order valence-corrected chi connectivity index (χ3v) is 2.19. The minimum absolute atomic E-state index is 0.118. The van der Waals surface area contributed by atoms with Gasteiger partial charge < -0.3 is 5.11 Å². The van der Waals surface area contributed by atoms with Crippen LogP contribution in [0.15, 0.2) is 41.6 Å². The maximum Gasteiger partial charge on any atom is 0.347 e. The standard InChI is InChI=1S/C11H9N3O3/c15-10(16)8-2-3-9(13-6-8)7-14-5-1-4-12-11(14)17/h1-6H,7H2,(H,15,16). The maximum atomic E-state index is 11.3. The smallest absolute Gasteiger partial charge is 0.347 e. The first-order valence-corrected chi connectivity index (χ1v) is 4.86. The molecule has 0 amide bonds. The number of carboxylic acid groups (broad SMARTS) is 1. The number of hydrogen-bond acceptors (Lipinski definition) is 4. The molecular formula is C11H9N3O3. The maximum absolute atomic E-state index is 11.3. The van der Waals surface area contributed by atoms with Gasteiger partial charge in [0, 0.05) is 18.6 Å². The molecule has 0 saturated carbocycles. The molecule has 0 aliphatic carbocycles. The molecule has 0 aliphatic heterocycles. The van der Waals surface area contributed by atoms with Gasteiger partial charge in [0.15, 0.2) is 0 Å². The van der Waals surface area contributed by atoms with E-state index in [1.54, 1.807) is 18.3 Å². The lowest BCUT2D eigenvalue weighted by Gasteiger charge is -2.03. The number of hydrogen-bond donors (Lipinski definition) is 1. The van der Waals surface area contributed by atoms with E-state index in [0.29, 0.717) is 5.69 Å². The van der Waals surface area contributed by atoms with Crippen molar-refractivity contribution in [2.24, 2.45) is 0 Å². The van der Waals surface area contributed by atoms with Crippen LogP contribution in [0, 0.1) is 0 Å². The van der Waals surface area contributed by atoms with E-state index in [0.717, 1.165) is 0 Å². The number of rotatable bonds is 3. The van der Waals surface area contributed by atoms with E-state index < -0.39 is 5.97 Å². The van der Waals surface area contributed by atoms with Crippen molar-refractivity contribution in [3.63, 3.8) is 0 Å². The fourth-order valence-electron chi connectivity index (χ4n) is 1.33. The predicted molar refractivity (Wildman–Crippen MR) is 58.8 cm³/mol. The zero-order valence-electron chi connectivity index (χ0n) is 8.78. The first-order valence-electron chi connectivity index (χ1n) is 4.86. The third kappa shape index (κ3) is 2.54. The highest BCUT2D eigenvalue weighted by molar-refractivity contribution is 5.87. The quantitative estimate of drug-likeness (QED) is 0.825. The molecule has 17 heavy (non-hydrogen) atoms. The number of carboxylic acids is 1. The molecule has 2 aromatic rings. The van der Waals surface area contributed by atoms with Gasteiger partial charge in [-0.15, -0.1) is 0 Å². The van der Waals surface area contributed by atoms with Crippen LogP contribution in [0.3, 0.4) is 0 Å². The molecule has 0 saturated heterocycles. The SMILES string of the molecule is O=C(O)c1ccc(Cn2cccnc2=O)nc1. The summed E-state index contributed by atoms with van der Waals surface area (Å²) in [5.74, 6) is -1.03. The Morgan fingerprint density at radius 2 is 2.18 bits per heavy atom. The number of carbonyl (C=O) groups is 1. The Kier molecular flexibility index (Phi) is 2.95. The van der Waals surface area contributed by atoms with Crippen molar-refractivity contribution >= 4 is 5.97 Å². The van der Waals surface area contributed by atoms with Crippen molar-refractivity contribution in [1.29, 1.82) is 0 Å². The fraction of sp³-hybridized carbons (Fsp3) is 0.0909. The van der Waals surface area contributed by atoms with E-state index in [9.17, 15) is 9.59 Å². The molecule has 0 unspecified atom stereocenters. The second-order valence-electron chi connectivity index (χ2n) is 3.37. The first-order chi connectivity index (χ1) is 8.16. The Bertz CT molecular complexity index is 589. The number of aromatic carboxylic acids is 1. The molecule has 1 N–H and O–H groups in total. The monoisotopic (exact) mass is 231 g/mol. The summed E-state index contributed by atoms with van der Waals surface area (Å²) in [6, 6.07) is 4.67. The fourth-order valence-corrected chi connectivity index (χ4v) is 1.33. The minimum Gasteiger partial charge on any atom is -0.478 e. The van der Waals surface area contributed by atoms with Gasteiger partial charge in [-0.25, -0.2) is 14.6 Å². The van der Waals surface area contributed by atoms with E-state index >= 15 is 0 Å². The summed E-state index contributed by atoms with van der Waals surface area (Å²) in [6.45, 7) is 0.270. The van der Waals surface area contributed by atoms with Crippen molar-refractivity contribution in [2.75, 3.05) is 0 Å². The summed E-state index contributed by atoms with van der Waals surface area (Å²) >= 11 is 0. The molecule has 0 spiro atoms. The molecule has 6 nitrogen and oxygen atoms in total. The van der Waals surface area contributed by atoms with Crippen LogP contribution in [0.1, 0.15) is 16.1 Å². The van der Waals surface area contributed by atoms with Gasteiger partial charge in [0.25, 0.3) is 0 Å². The molecule has 6 heteroatoms. The summed E-state index contributed by atoms with van der Waals surface area (Å²) < 4.78 is 1.39. The second kappa shape index (κ2) is 4.56. The molecule has 0 radical (unpaired) electrons. The zero-order valence-corrected chi connectivity index (χ0v) is 8.78. The van der Waals surface area contributed by atoms with Crippen LogP contribution in [-0.4, -0.2) is 25.6 Å². The summed E-state index contributed by atoms with van der Waals surface area (Å²) in [7, 11) is 0. The van der Waals surface area contributed by atoms with Gasteiger partial charge in [0.1, 0.15) is 0 Å². The van der Waals surface area contributed by atoms with Crippen LogP contribution < -0.4 is 5.69 Å². The average Bonchev–Trinajstić information content (AvgIpc) is 2.33. The molecule has 0 atom stereocenters. The van der Waals surface area contributed by atoms with Crippen LogP contribution in [0.2, 0.25) is 0 Å². The van der Waals surface area contributed by atoms with E-state index in [2.05, 4.69) is 9.97 Å². The number of pyridine rings is 1. The Labute approximate surface area is 96.2 Å². The lowest BCUT2D eigenvalue weighted by Crippen LogP contribution is -2.22. The summed E-state index contributed by atoms with van der Waals surface area (Å²) in [5, 5.41) is 8.70. The minimum atomic E-state index is -1.03. The van der Waals surface area contributed by atoms with Crippen LogP contribution in [0.25, 0.3) is 0 Å². The molecule has 2 aromatic heterocycles. The van der Waals surface area contributed by atoms with E-state index in [1.165, 1.54) is 23.0 Å². The van der Waals surface area contributed by atoms with Crippen LogP contribution in [0.5, 0.6) is 0 Å². The molecular weight excluding hydrogens is 222 g/mol. The van der Waals surface area contributed by atoms with E-state index in [-0.39, 0.29) is 17.8 Å². The van der Waals surface area contributed by atoms with Gasteiger partial charge in [-0.05, 0) is 18.2 Å². The zero-order chi connectivity index (χ0) is 12.3. The molecule has 0 fully saturated rings. The molecule has 2 heterocycles. The Morgan fingerprint density at radius 1 is 1.35 bits per heavy atom. The summed E-state index contributed by atoms with van der Waals surface area (Å²) in [5.41, 5.74) is 0.356. The van der Waals surface area contributed by atoms with Crippen molar-refractivity contribution in [3.8, 4) is 0 Å². The summed E-state index contributed by atoms with van der Waals surface area (Å²) in [6.07, 6.45) is 4.28. The van der Waals surface area contributed by atoms with Gasteiger partial charge in [0.2, 0.25) is 0 Å². The highest BCUT2D eigenvalue weighted by Gasteiger charge is 2.03. The van der Waals surface area contributed by atoms with Gasteiger partial charge >= 0.3 is 11.7 Å². The van der Waals surface area contributed by atoms with Crippen molar-refractivity contribution in [1.82, 2.24) is 14.5 Å². The molecule has 0 aliphatic rings. The van der Waals surface area contributed by atoms with Crippen molar-refractivity contribution < 1.29 is 9.90 Å². The van der Waals surface area contributed by atoms with Crippen molar-refractivity contribution in [3.05, 3.63) is 58.5 Å². The third-order valence-electron chi connectivity index (χ3n) is 2.19. The number of nitrogens with zero attached hydrogens (tertiary/aromatic N) is 3. The van der Waals surface area contributed by atoms with Gasteiger partial charge in [0.05, 0.1) is 17.8 Å². The summed E-state index contributed by atoms with van der Waals surface area (Å²) in [4.78, 5) is 29.5. The lowest BCUT2D eigenvalue weighted by atomic mass is 10.2. The Hall–Kier alpha value is -2.50. The van der Waals surface area contributed by atoms with Crippen LogP contribution in [0.4, 0.5) is 0 Å². The van der Waals surface area contributed by atoms with Crippen molar-refractivity contribution in [2.45, 2.75) is 6.54 Å². The van der Waals surface area contributed by atoms with E-state index in [1.807, 2.05) is 0 Å². The Balaban J connectivity index is 2.23. The highest BCUT2D eigenvalue weighted by atomic mass is 16.4. The Morgan fingerprint density at radius 3 is 2.76 bits per heavy atom. The second-order valence-corrected chi connectivity index (χ2v) is 3.37. The van der Waals surface area contributed by atoms with Gasteiger partial charge in [-0.1, -0.05) is 0 Å². The largest absolute Gasteiger partial charge is 0.478 e. The normalized spacial score (nSPS) is 10.1. The topological polar surface area (TPSA) is 85.1 Å². The average molecular weight is 231 g/mol. The lowest BCUT2D eigenvalue weighted by molar-refractivity contribution is 0.0696. The number of aromatic nitrogens is 3. The molecule has 86 valence electrons.